The third-order valence-corrected chi connectivity index (χ3v) is 8.88. The summed E-state index contributed by atoms with van der Waals surface area (Å²) in [7, 11) is 1.73. The fourth-order valence-electron chi connectivity index (χ4n) is 6.77. The predicted octanol–water partition coefficient (Wildman–Crippen LogP) is 4.70. The Labute approximate surface area is 187 Å². The lowest BCUT2D eigenvalue weighted by molar-refractivity contribution is -0.150. The molecular formula is C25H40N2O4. The maximum absolute atomic E-state index is 13.7. The van der Waals surface area contributed by atoms with E-state index in [2.05, 4.69) is 0 Å². The molecule has 2 saturated heterocycles. The summed E-state index contributed by atoms with van der Waals surface area (Å²) in [6, 6.07) is -0.322. The third kappa shape index (κ3) is 3.94. The summed E-state index contributed by atoms with van der Waals surface area (Å²) in [5.41, 5.74) is -1.64. The van der Waals surface area contributed by atoms with E-state index < -0.39 is 11.1 Å². The van der Waals surface area contributed by atoms with Gasteiger partial charge in [0.15, 0.2) is 5.78 Å². The van der Waals surface area contributed by atoms with Gasteiger partial charge in [0, 0.05) is 13.7 Å². The van der Waals surface area contributed by atoms with Crippen LogP contribution in [0, 0.1) is 11.8 Å². The predicted molar refractivity (Wildman–Crippen MR) is 119 cm³/mol. The third-order valence-electron chi connectivity index (χ3n) is 8.88. The van der Waals surface area contributed by atoms with Crippen molar-refractivity contribution < 1.29 is 19.1 Å². The molecule has 6 heteroatoms. The normalized spacial score (nSPS) is 34.3. The SMILES string of the molecule is CN1C(=O)N(CC(=O)C2(C3CCCCCCC3)CCCO2)C(=O)C1(C)C1CCCCC1. The van der Waals surface area contributed by atoms with Crippen LogP contribution in [0.2, 0.25) is 0 Å². The molecule has 0 aromatic rings. The Balaban J connectivity index is 1.53. The van der Waals surface area contributed by atoms with Crippen LogP contribution in [0.25, 0.3) is 0 Å². The van der Waals surface area contributed by atoms with Crippen LogP contribution in [0.4, 0.5) is 4.79 Å². The quantitative estimate of drug-likeness (QED) is 0.591. The zero-order valence-corrected chi connectivity index (χ0v) is 19.5. The van der Waals surface area contributed by atoms with Crippen LogP contribution in [0.1, 0.15) is 96.8 Å². The van der Waals surface area contributed by atoms with Crippen molar-refractivity contribution in [1.29, 1.82) is 0 Å². The zero-order valence-electron chi connectivity index (χ0n) is 19.5. The molecule has 0 radical (unpaired) electrons. The van der Waals surface area contributed by atoms with Crippen LogP contribution in [-0.2, 0) is 14.3 Å². The first-order valence-corrected chi connectivity index (χ1v) is 12.7. The van der Waals surface area contributed by atoms with E-state index in [1.807, 2.05) is 6.92 Å². The van der Waals surface area contributed by atoms with Gasteiger partial charge >= 0.3 is 6.03 Å². The Bertz CT molecular complexity index is 688. The highest BCUT2D eigenvalue weighted by Gasteiger charge is 2.58. The fraction of sp³-hybridized carbons (Fsp3) is 0.880. The molecule has 4 rings (SSSR count). The molecule has 2 saturated carbocycles. The molecule has 174 valence electrons. The van der Waals surface area contributed by atoms with E-state index in [0.717, 1.165) is 64.2 Å². The minimum atomic E-state index is -0.832. The number of hydrogen-bond acceptors (Lipinski definition) is 4. The number of rotatable bonds is 5. The molecule has 2 aliphatic heterocycles. The summed E-state index contributed by atoms with van der Waals surface area (Å²) in [6.45, 7) is 2.37. The van der Waals surface area contributed by atoms with Crippen molar-refractivity contribution in [3.8, 4) is 0 Å². The maximum Gasteiger partial charge on any atom is 0.327 e. The number of Topliss-reactive ketones (excluding diaryl/α,β-unsaturated/α-hetero) is 1. The molecule has 0 aromatic carbocycles. The van der Waals surface area contributed by atoms with Gasteiger partial charge in [0.25, 0.3) is 5.91 Å². The van der Waals surface area contributed by atoms with Crippen molar-refractivity contribution in [3.63, 3.8) is 0 Å². The van der Waals surface area contributed by atoms with Crippen molar-refractivity contribution in [1.82, 2.24) is 9.80 Å². The highest BCUT2D eigenvalue weighted by Crippen LogP contribution is 2.43. The zero-order chi connectivity index (χ0) is 22.1. The van der Waals surface area contributed by atoms with Crippen LogP contribution in [0.3, 0.4) is 0 Å². The summed E-state index contributed by atoms with van der Waals surface area (Å²) >= 11 is 0. The first-order chi connectivity index (χ1) is 14.9. The molecule has 3 amide bonds. The molecule has 2 unspecified atom stereocenters. The van der Waals surface area contributed by atoms with Gasteiger partial charge in [0.1, 0.15) is 11.1 Å². The Morgan fingerprint density at radius 2 is 1.45 bits per heavy atom. The van der Waals surface area contributed by atoms with Gasteiger partial charge in [-0.2, -0.15) is 0 Å². The van der Waals surface area contributed by atoms with Crippen LogP contribution >= 0.6 is 0 Å². The lowest BCUT2D eigenvalue weighted by Crippen LogP contribution is -2.53. The van der Waals surface area contributed by atoms with E-state index in [4.69, 9.17) is 4.74 Å². The van der Waals surface area contributed by atoms with E-state index in [1.165, 1.54) is 30.6 Å². The first kappa shape index (κ1) is 22.8. The second kappa shape index (κ2) is 9.21. The minimum absolute atomic E-state index is 0.0569. The van der Waals surface area contributed by atoms with Gasteiger partial charge in [0.2, 0.25) is 0 Å². The monoisotopic (exact) mass is 432 g/mol. The standard InChI is InChI=1S/C25H40N2O4/c1-24(19-12-9-6-10-13-19)22(29)27(23(30)26(24)2)18-21(28)25(16-11-17-31-25)20-14-7-4-3-5-8-15-20/h19-20H,3-18H2,1-2H3. The number of carbonyl (C=O) groups is 3. The summed E-state index contributed by atoms with van der Waals surface area (Å²) in [5, 5.41) is 0. The van der Waals surface area contributed by atoms with Gasteiger partial charge < -0.3 is 9.64 Å². The molecule has 4 aliphatic rings. The number of urea groups is 1. The largest absolute Gasteiger partial charge is 0.367 e. The van der Waals surface area contributed by atoms with E-state index in [1.54, 1.807) is 11.9 Å². The molecule has 0 N–H and O–H groups in total. The van der Waals surface area contributed by atoms with E-state index in [-0.39, 0.29) is 36.1 Å². The van der Waals surface area contributed by atoms with Crippen LogP contribution in [-0.4, -0.2) is 58.9 Å². The summed E-state index contributed by atoms with van der Waals surface area (Å²) in [5.74, 6) is 0.132. The molecule has 2 aliphatic carbocycles. The molecule has 0 aromatic heterocycles. The Morgan fingerprint density at radius 1 is 0.903 bits per heavy atom. The number of imide groups is 1. The molecule has 4 fully saturated rings. The summed E-state index contributed by atoms with van der Waals surface area (Å²) < 4.78 is 6.20. The first-order valence-electron chi connectivity index (χ1n) is 12.7. The second-order valence-electron chi connectivity index (χ2n) is 10.5. The van der Waals surface area contributed by atoms with Gasteiger partial charge in [-0.1, -0.05) is 51.4 Å². The molecule has 0 bridgehead atoms. The number of amides is 3. The Hall–Kier alpha value is -1.43. The number of ketones is 1. The van der Waals surface area contributed by atoms with Gasteiger partial charge in [-0.25, -0.2) is 4.79 Å². The van der Waals surface area contributed by atoms with Gasteiger partial charge in [-0.05, 0) is 57.3 Å². The number of carbonyl (C=O) groups excluding carboxylic acids is 3. The van der Waals surface area contributed by atoms with Crippen LogP contribution in [0.5, 0.6) is 0 Å². The van der Waals surface area contributed by atoms with Crippen molar-refractivity contribution in [2.24, 2.45) is 11.8 Å². The molecule has 2 atom stereocenters. The highest BCUT2D eigenvalue weighted by molar-refractivity contribution is 6.09. The smallest absolute Gasteiger partial charge is 0.327 e. The minimum Gasteiger partial charge on any atom is -0.367 e. The second-order valence-corrected chi connectivity index (χ2v) is 10.5. The average Bonchev–Trinajstić information content (AvgIpc) is 3.31. The van der Waals surface area contributed by atoms with Crippen molar-refractivity contribution >= 4 is 17.7 Å². The number of hydrogen-bond donors (Lipinski definition) is 0. The number of nitrogens with zero attached hydrogens (tertiary/aromatic N) is 2. The molecule has 6 nitrogen and oxygen atoms in total. The van der Waals surface area contributed by atoms with Gasteiger partial charge in [0.05, 0.1) is 6.54 Å². The van der Waals surface area contributed by atoms with Crippen molar-refractivity contribution in [3.05, 3.63) is 0 Å². The lowest BCUT2D eigenvalue weighted by Gasteiger charge is -2.39. The summed E-state index contributed by atoms with van der Waals surface area (Å²) in [6.07, 6.45) is 14.9. The molecule has 2 heterocycles. The van der Waals surface area contributed by atoms with E-state index >= 15 is 0 Å². The molecule has 31 heavy (non-hydrogen) atoms. The summed E-state index contributed by atoms with van der Waals surface area (Å²) in [4.78, 5) is 43.3. The highest BCUT2D eigenvalue weighted by atomic mass is 16.5. The van der Waals surface area contributed by atoms with Crippen molar-refractivity contribution in [2.45, 2.75) is 108 Å². The topological polar surface area (TPSA) is 66.9 Å². The number of likely N-dealkylation sites (N-methyl/N-ethyl adjacent to an activating group) is 1. The average molecular weight is 433 g/mol. The fourth-order valence-corrected chi connectivity index (χ4v) is 6.77. The van der Waals surface area contributed by atoms with Crippen molar-refractivity contribution in [2.75, 3.05) is 20.2 Å². The maximum atomic E-state index is 13.7. The van der Waals surface area contributed by atoms with Crippen LogP contribution in [0.15, 0.2) is 0 Å². The van der Waals surface area contributed by atoms with Gasteiger partial charge in [-0.15, -0.1) is 0 Å². The van der Waals surface area contributed by atoms with Crippen LogP contribution < -0.4 is 0 Å². The molecule has 0 spiro atoms. The number of ether oxygens (including phenoxy) is 1. The van der Waals surface area contributed by atoms with Gasteiger partial charge in [-0.3, -0.25) is 14.5 Å². The van der Waals surface area contributed by atoms with E-state index in [0.29, 0.717) is 6.61 Å². The lowest BCUT2D eigenvalue weighted by atomic mass is 9.74. The Kier molecular flexibility index (Phi) is 6.76. The molecular weight excluding hydrogens is 392 g/mol. The van der Waals surface area contributed by atoms with E-state index in [9.17, 15) is 14.4 Å². The Morgan fingerprint density at radius 3 is 2.03 bits per heavy atom.